The number of ether oxygens (including phenoxy) is 3. The number of aliphatic hydroxyl groups is 2. The van der Waals surface area contributed by atoms with E-state index in [-0.39, 0.29) is 24.7 Å². The highest BCUT2D eigenvalue weighted by molar-refractivity contribution is 7.85. The molecule has 0 heterocycles. The first-order valence-electron chi connectivity index (χ1n) is 8.19. The summed E-state index contributed by atoms with van der Waals surface area (Å²) < 4.78 is 101. The Kier molecular flexibility index (Phi) is 7.78. The average molecular weight is 470 g/mol. The average Bonchev–Trinajstić information content (AvgIpc) is 2.71. The molecule has 170 valence electrons. The van der Waals surface area contributed by atoms with E-state index in [0.29, 0.717) is 0 Å². The van der Waals surface area contributed by atoms with Crippen molar-refractivity contribution in [2.24, 2.45) is 0 Å². The lowest BCUT2D eigenvalue weighted by molar-refractivity contribution is 0.0715. The Morgan fingerprint density at radius 3 is 1.68 bits per heavy atom. The highest BCUT2D eigenvalue weighted by atomic mass is 32.2. The van der Waals surface area contributed by atoms with Gasteiger partial charge in [-0.1, -0.05) is 0 Å². The van der Waals surface area contributed by atoms with Crippen LogP contribution in [0.5, 0.6) is 17.2 Å². The molecule has 14 heteroatoms. The molecule has 2 aromatic rings. The van der Waals surface area contributed by atoms with Gasteiger partial charge in [0, 0.05) is 6.07 Å². The van der Waals surface area contributed by atoms with Gasteiger partial charge in [0.25, 0.3) is 0 Å². The first kappa shape index (κ1) is 24.3. The topological polar surface area (TPSA) is 140 Å². The van der Waals surface area contributed by atoms with E-state index in [1.54, 1.807) is 0 Å². The highest BCUT2D eigenvalue weighted by Gasteiger charge is 2.34. The summed E-state index contributed by atoms with van der Waals surface area (Å²) in [5.74, 6) is -13.4. The van der Waals surface area contributed by atoms with Gasteiger partial charge in [-0.2, -0.15) is 17.2 Å². The van der Waals surface area contributed by atoms with Gasteiger partial charge in [-0.3, -0.25) is 4.55 Å². The lowest BCUT2D eigenvalue weighted by Crippen LogP contribution is -2.16. The normalized spacial score (nSPS) is 11.3. The predicted molar refractivity (Wildman–Crippen MR) is 92.7 cm³/mol. The SMILES string of the molecule is O=C(Oc1c(F)c(F)c(S(=O)(=O)O)c(F)c1F)c1cc(OCCO)cc(OCCO)c1. The summed E-state index contributed by atoms with van der Waals surface area (Å²) in [6.07, 6.45) is 0. The molecule has 2 aromatic carbocycles. The van der Waals surface area contributed by atoms with Crippen LogP contribution in [0.2, 0.25) is 0 Å². The molecule has 0 aromatic heterocycles. The third-order valence-corrected chi connectivity index (χ3v) is 4.35. The Morgan fingerprint density at radius 1 is 0.839 bits per heavy atom. The minimum Gasteiger partial charge on any atom is -0.491 e. The van der Waals surface area contributed by atoms with Crippen LogP contribution >= 0.6 is 0 Å². The van der Waals surface area contributed by atoms with Gasteiger partial charge in [0.05, 0.1) is 18.8 Å². The molecule has 0 unspecified atom stereocenters. The minimum atomic E-state index is -5.68. The summed E-state index contributed by atoms with van der Waals surface area (Å²) in [6, 6.07) is 3.21. The van der Waals surface area contributed by atoms with Gasteiger partial charge < -0.3 is 24.4 Å². The second-order valence-electron chi connectivity index (χ2n) is 5.62. The smallest absolute Gasteiger partial charge is 0.344 e. The Morgan fingerprint density at radius 2 is 1.29 bits per heavy atom. The zero-order chi connectivity index (χ0) is 23.3. The molecule has 9 nitrogen and oxygen atoms in total. The van der Waals surface area contributed by atoms with Crippen LogP contribution in [0, 0.1) is 23.3 Å². The number of halogens is 4. The van der Waals surface area contributed by atoms with Crippen LogP contribution in [0.15, 0.2) is 23.1 Å². The van der Waals surface area contributed by atoms with E-state index >= 15 is 0 Å². The number of benzene rings is 2. The monoisotopic (exact) mass is 470 g/mol. The number of hydrogen-bond donors (Lipinski definition) is 3. The molecule has 0 aliphatic rings. The summed E-state index contributed by atoms with van der Waals surface area (Å²) >= 11 is 0. The van der Waals surface area contributed by atoms with Crippen LogP contribution in [0.3, 0.4) is 0 Å². The van der Waals surface area contributed by atoms with E-state index in [1.807, 2.05) is 0 Å². The maximum Gasteiger partial charge on any atom is 0.344 e. The summed E-state index contributed by atoms with van der Waals surface area (Å²) in [7, 11) is -5.68. The van der Waals surface area contributed by atoms with E-state index < -0.39 is 68.8 Å². The van der Waals surface area contributed by atoms with Crippen LogP contribution in [0.4, 0.5) is 17.6 Å². The van der Waals surface area contributed by atoms with Crippen LogP contribution < -0.4 is 14.2 Å². The minimum absolute atomic E-state index is 0.0727. The van der Waals surface area contributed by atoms with Gasteiger partial charge >= 0.3 is 16.1 Å². The number of carbonyl (C=O) groups excluding carboxylic acids is 1. The summed E-state index contributed by atoms with van der Waals surface area (Å²) in [5.41, 5.74) is -0.484. The zero-order valence-corrected chi connectivity index (χ0v) is 16.1. The molecule has 0 radical (unpaired) electrons. The maximum absolute atomic E-state index is 14.1. The number of aliphatic hydroxyl groups excluding tert-OH is 2. The van der Waals surface area contributed by atoms with E-state index in [9.17, 15) is 30.8 Å². The predicted octanol–water partition coefficient (Wildman–Crippen LogP) is 1.45. The second-order valence-corrected chi connectivity index (χ2v) is 6.97. The molecule has 0 atom stereocenters. The van der Waals surface area contributed by atoms with Crippen molar-refractivity contribution in [3.63, 3.8) is 0 Å². The Balaban J connectivity index is 2.47. The fourth-order valence-electron chi connectivity index (χ4n) is 2.24. The van der Waals surface area contributed by atoms with Crippen molar-refractivity contribution in [3.8, 4) is 17.2 Å². The number of esters is 1. The molecule has 0 aliphatic carbocycles. The molecule has 31 heavy (non-hydrogen) atoms. The number of rotatable bonds is 9. The molecular weight excluding hydrogens is 456 g/mol. The number of carbonyl (C=O) groups is 1. The largest absolute Gasteiger partial charge is 0.491 e. The van der Waals surface area contributed by atoms with Crippen LogP contribution in [-0.4, -0.2) is 55.6 Å². The molecule has 2 rings (SSSR count). The van der Waals surface area contributed by atoms with Crippen molar-refractivity contribution in [1.29, 1.82) is 0 Å². The molecule has 0 bridgehead atoms. The fourth-order valence-corrected chi connectivity index (χ4v) is 2.87. The van der Waals surface area contributed by atoms with E-state index in [2.05, 4.69) is 4.74 Å². The van der Waals surface area contributed by atoms with Gasteiger partial charge in [0.15, 0.2) is 16.5 Å². The molecular formula is C17H14F4O9S. The maximum atomic E-state index is 14.1. The molecule has 0 aliphatic heterocycles. The van der Waals surface area contributed by atoms with E-state index in [0.717, 1.165) is 12.1 Å². The van der Waals surface area contributed by atoms with Crippen LogP contribution in [-0.2, 0) is 10.1 Å². The summed E-state index contributed by atoms with van der Waals surface area (Å²) in [5, 5.41) is 17.6. The molecule has 0 fully saturated rings. The van der Waals surface area contributed by atoms with Crippen LogP contribution in [0.25, 0.3) is 0 Å². The van der Waals surface area contributed by atoms with Crippen molar-refractivity contribution < 1.29 is 59.8 Å². The fraction of sp³-hybridized carbons (Fsp3) is 0.235. The third-order valence-electron chi connectivity index (χ3n) is 3.47. The summed E-state index contributed by atoms with van der Waals surface area (Å²) in [6.45, 7) is -1.24. The van der Waals surface area contributed by atoms with Gasteiger partial charge in [-0.15, -0.1) is 0 Å². The number of hydrogen-bond acceptors (Lipinski definition) is 8. The molecule has 3 N–H and O–H groups in total. The Hall–Kier alpha value is -2.94. The van der Waals surface area contributed by atoms with E-state index in [4.69, 9.17) is 24.2 Å². The molecule has 0 saturated heterocycles. The molecule has 0 amide bonds. The van der Waals surface area contributed by atoms with E-state index in [1.165, 1.54) is 6.07 Å². The standard InChI is InChI=1S/C17H14F4O9S/c18-11-13(20)16(31(25,26)27)14(21)12(19)15(11)30-17(24)8-5-9(28-3-1-22)7-10(6-8)29-4-2-23/h5-7,22-23H,1-4H2,(H,25,26,27). The van der Waals surface area contributed by atoms with Gasteiger partial charge in [0.2, 0.25) is 17.4 Å². The van der Waals surface area contributed by atoms with Crippen molar-refractivity contribution in [2.45, 2.75) is 4.90 Å². The molecule has 0 spiro atoms. The highest BCUT2D eigenvalue weighted by Crippen LogP contribution is 2.33. The third kappa shape index (κ3) is 5.61. The first-order valence-corrected chi connectivity index (χ1v) is 9.63. The lowest BCUT2D eigenvalue weighted by atomic mass is 10.2. The van der Waals surface area contributed by atoms with Crippen LogP contribution in [0.1, 0.15) is 10.4 Å². The Labute approximate surface area is 172 Å². The summed E-state index contributed by atoms with van der Waals surface area (Å²) in [4.78, 5) is 10.0. The van der Waals surface area contributed by atoms with Crippen molar-refractivity contribution in [2.75, 3.05) is 26.4 Å². The van der Waals surface area contributed by atoms with Crippen molar-refractivity contribution in [3.05, 3.63) is 47.0 Å². The second kappa shape index (κ2) is 9.91. The van der Waals surface area contributed by atoms with Gasteiger partial charge in [-0.25, -0.2) is 13.6 Å². The lowest BCUT2D eigenvalue weighted by Gasteiger charge is -2.13. The first-order chi connectivity index (χ1) is 14.5. The zero-order valence-electron chi connectivity index (χ0n) is 15.3. The van der Waals surface area contributed by atoms with Crippen molar-refractivity contribution >= 4 is 16.1 Å². The Bertz CT molecular complexity index is 1030. The molecule has 0 saturated carbocycles. The quantitative estimate of drug-likeness (QED) is 0.163. The van der Waals surface area contributed by atoms with Gasteiger partial charge in [-0.05, 0) is 12.1 Å². The van der Waals surface area contributed by atoms with Gasteiger partial charge in [0.1, 0.15) is 24.7 Å². The van der Waals surface area contributed by atoms with Crippen molar-refractivity contribution in [1.82, 2.24) is 0 Å².